The monoisotopic (exact) mass is 211 g/mol. The van der Waals surface area contributed by atoms with Crippen LogP contribution in [-0.4, -0.2) is 22.8 Å². The van der Waals surface area contributed by atoms with E-state index in [1.807, 2.05) is 0 Å². The summed E-state index contributed by atoms with van der Waals surface area (Å²) in [5, 5.41) is 6.16. The van der Waals surface area contributed by atoms with Crippen LogP contribution in [0.2, 0.25) is 0 Å². The third kappa shape index (κ3) is 3.61. The van der Waals surface area contributed by atoms with Crippen LogP contribution in [0, 0.1) is 0 Å². The molecule has 84 valence electrons. The van der Waals surface area contributed by atoms with E-state index >= 15 is 0 Å². The van der Waals surface area contributed by atoms with Crippen molar-refractivity contribution >= 4 is 11.7 Å². The van der Waals surface area contributed by atoms with E-state index in [-0.39, 0.29) is 5.69 Å². The molecule has 0 saturated heterocycles. The Hall–Kier alpha value is -1.52. The second kappa shape index (κ2) is 6.06. The van der Waals surface area contributed by atoms with Crippen LogP contribution in [0.4, 0.5) is 5.69 Å². The number of nitrogens with one attached hydrogen (secondary N) is 1. The smallest absolute Gasteiger partial charge is 0.358 e. The van der Waals surface area contributed by atoms with E-state index in [2.05, 4.69) is 17.1 Å². The van der Waals surface area contributed by atoms with Gasteiger partial charge in [0.05, 0.1) is 18.5 Å². The highest BCUT2D eigenvalue weighted by Gasteiger charge is 2.12. The Morgan fingerprint density at radius 2 is 2.33 bits per heavy atom. The molecule has 0 atom stereocenters. The molecular weight excluding hydrogens is 194 g/mol. The zero-order valence-electron chi connectivity index (χ0n) is 8.95. The van der Waals surface area contributed by atoms with E-state index in [1.54, 1.807) is 0 Å². The Kier molecular flexibility index (Phi) is 4.66. The Morgan fingerprint density at radius 1 is 1.53 bits per heavy atom. The lowest BCUT2D eigenvalue weighted by molar-refractivity contribution is 0.0492. The van der Waals surface area contributed by atoms with Gasteiger partial charge in [0.25, 0.3) is 0 Å². The standard InChI is InChI=1S/C10H17N3O2/c1-2-3-4-5-6-15-10(14)9-8(11)7-12-13-9/h7H,2-6,11H2,1H3,(H,12,13). The van der Waals surface area contributed by atoms with Crippen molar-refractivity contribution in [3.8, 4) is 0 Å². The largest absolute Gasteiger partial charge is 0.461 e. The number of nitrogen functional groups attached to an aromatic ring is 1. The number of carbonyl (C=O) groups is 1. The molecule has 1 rings (SSSR count). The van der Waals surface area contributed by atoms with Crippen molar-refractivity contribution in [1.82, 2.24) is 10.2 Å². The number of hydrogen-bond donors (Lipinski definition) is 2. The number of nitrogens with zero attached hydrogens (tertiary/aromatic N) is 1. The minimum Gasteiger partial charge on any atom is -0.461 e. The van der Waals surface area contributed by atoms with E-state index in [1.165, 1.54) is 19.0 Å². The molecule has 0 radical (unpaired) electrons. The van der Waals surface area contributed by atoms with Gasteiger partial charge in [0.1, 0.15) is 0 Å². The van der Waals surface area contributed by atoms with Gasteiger partial charge in [0, 0.05) is 0 Å². The summed E-state index contributed by atoms with van der Waals surface area (Å²) in [6.45, 7) is 2.58. The maximum atomic E-state index is 11.4. The molecule has 0 amide bonds. The summed E-state index contributed by atoms with van der Waals surface area (Å²) < 4.78 is 5.02. The summed E-state index contributed by atoms with van der Waals surface area (Å²) in [4.78, 5) is 11.4. The van der Waals surface area contributed by atoms with E-state index in [4.69, 9.17) is 10.5 Å². The van der Waals surface area contributed by atoms with Crippen molar-refractivity contribution < 1.29 is 9.53 Å². The summed E-state index contributed by atoms with van der Waals surface area (Å²) in [6, 6.07) is 0. The second-order valence-corrected chi connectivity index (χ2v) is 3.40. The Labute approximate surface area is 89.0 Å². The summed E-state index contributed by atoms with van der Waals surface area (Å²) in [7, 11) is 0. The molecule has 0 aliphatic rings. The summed E-state index contributed by atoms with van der Waals surface area (Å²) >= 11 is 0. The summed E-state index contributed by atoms with van der Waals surface area (Å²) in [5.74, 6) is -0.429. The Balaban J connectivity index is 2.22. The highest BCUT2D eigenvalue weighted by atomic mass is 16.5. The SMILES string of the molecule is CCCCCCOC(=O)c1[nH]ncc1N. The number of H-pyrrole nitrogens is 1. The van der Waals surface area contributed by atoms with Crippen LogP contribution in [0.25, 0.3) is 0 Å². The van der Waals surface area contributed by atoms with Gasteiger partial charge in [-0.15, -0.1) is 0 Å². The average molecular weight is 211 g/mol. The lowest BCUT2D eigenvalue weighted by Crippen LogP contribution is -2.09. The van der Waals surface area contributed by atoms with Gasteiger partial charge in [0.15, 0.2) is 5.69 Å². The number of unbranched alkanes of at least 4 members (excludes halogenated alkanes) is 3. The molecule has 5 heteroatoms. The molecule has 1 aromatic rings. The van der Waals surface area contributed by atoms with Gasteiger partial charge in [-0.25, -0.2) is 4.79 Å². The maximum absolute atomic E-state index is 11.4. The first-order valence-corrected chi connectivity index (χ1v) is 5.21. The predicted octanol–water partition coefficient (Wildman–Crippen LogP) is 1.73. The molecule has 0 spiro atoms. The third-order valence-corrected chi connectivity index (χ3v) is 2.10. The minimum atomic E-state index is -0.429. The van der Waals surface area contributed by atoms with Crippen molar-refractivity contribution in [2.75, 3.05) is 12.3 Å². The molecule has 0 bridgehead atoms. The van der Waals surface area contributed by atoms with Crippen LogP contribution in [0.1, 0.15) is 43.1 Å². The number of rotatable bonds is 6. The zero-order valence-corrected chi connectivity index (χ0v) is 8.95. The van der Waals surface area contributed by atoms with Crippen LogP contribution in [-0.2, 0) is 4.74 Å². The van der Waals surface area contributed by atoms with Gasteiger partial charge in [-0.3, -0.25) is 5.10 Å². The fraction of sp³-hybridized carbons (Fsp3) is 0.600. The molecule has 1 heterocycles. The van der Waals surface area contributed by atoms with Crippen molar-refractivity contribution in [1.29, 1.82) is 0 Å². The minimum absolute atomic E-state index is 0.241. The molecule has 0 aromatic carbocycles. The number of ether oxygens (including phenoxy) is 1. The average Bonchev–Trinajstić information content (AvgIpc) is 2.64. The predicted molar refractivity (Wildman–Crippen MR) is 57.4 cm³/mol. The van der Waals surface area contributed by atoms with Crippen LogP contribution in [0.15, 0.2) is 6.20 Å². The number of anilines is 1. The lowest BCUT2D eigenvalue weighted by Gasteiger charge is -2.03. The molecule has 0 aliphatic carbocycles. The summed E-state index contributed by atoms with van der Waals surface area (Å²) in [6.07, 6.45) is 5.72. The van der Waals surface area contributed by atoms with Gasteiger partial charge in [-0.05, 0) is 6.42 Å². The van der Waals surface area contributed by atoms with Crippen LogP contribution < -0.4 is 5.73 Å². The van der Waals surface area contributed by atoms with Gasteiger partial charge < -0.3 is 10.5 Å². The normalized spacial score (nSPS) is 10.2. The molecule has 3 N–H and O–H groups in total. The second-order valence-electron chi connectivity index (χ2n) is 3.40. The van der Waals surface area contributed by atoms with Gasteiger partial charge in [0.2, 0.25) is 0 Å². The van der Waals surface area contributed by atoms with Crippen molar-refractivity contribution in [2.45, 2.75) is 32.6 Å². The van der Waals surface area contributed by atoms with Crippen LogP contribution >= 0.6 is 0 Å². The number of hydrogen-bond acceptors (Lipinski definition) is 4. The quantitative estimate of drug-likeness (QED) is 0.554. The highest BCUT2D eigenvalue weighted by molar-refractivity contribution is 5.92. The molecule has 0 unspecified atom stereocenters. The Bertz CT molecular complexity index is 309. The van der Waals surface area contributed by atoms with E-state index in [0.29, 0.717) is 12.3 Å². The van der Waals surface area contributed by atoms with Crippen molar-refractivity contribution in [3.05, 3.63) is 11.9 Å². The molecule has 0 aliphatic heterocycles. The molecule has 0 fully saturated rings. The lowest BCUT2D eigenvalue weighted by atomic mass is 10.2. The Morgan fingerprint density at radius 3 is 2.93 bits per heavy atom. The highest BCUT2D eigenvalue weighted by Crippen LogP contribution is 2.08. The number of aromatic amines is 1. The van der Waals surface area contributed by atoms with E-state index in [0.717, 1.165) is 12.8 Å². The fourth-order valence-electron chi connectivity index (χ4n) is 1.22. The third-order valence-electron chi connectivity index (χ3n) is 2.10. The maximum Gasteiger partial charge on any atom is 0.358 e. The van der Waals surface area contributed by atoms with Crippen molar-refractivity contribution in [2.24, 2.45) is 0 Å². The molecular formula is C10H17N3O2. The number of nitrogens with two attached hydrogens (primary N) is 1. The van der Waals surface area contributed by atoms with Crippen LogP contribution in [0.5, 0.6) is 0 Å². The number of carbonyl (C=O) groups excluding carboxylic acids is 1. The molecule has 0 saturated carbocycles. The topological polar surface area (TPSA) is 81.0 Å². The van der Waals surface area contributed by atoms with Gasteiger partial charge >= 0.3 is 5.97 Å². The van der Waals surface area contributed by atoms with Gasteiger partial charge in [-0.1, -0.05) is 26.2 Å². The zero-order chi connectivity index (χ0) is 11.1. The number of esters is 1. The first-order chi connectivity index (χ1) is 7.25. The summed E-state index contributed by atoms with van der Waals surface area (Å²) in [5.41, 5.74) is 6.07. The van der Waals surface area contributed by atoms with E-state index < -0.39 is 5.97 Å². The number of aromatic nitrogens is 2. The molecule has 15 heavy (non-hydrogen) atoms. The first kappa shape index (κ1) is 11.6. The van der Waals surface area contributed by atoms with E-state index in [9.17, 15) is 4.79 Å². The van der Waals surface area contributed by atoms with Crippen LogP contribution in [0.3, 0.4) is 0 Å². The first-order valence-electron chi connectivity index (χ1n) is 5.21. The molecule has 5 nitrogen and oxygen atoms in total. The molecule has 1 aromatic heterocycles. The fourth-order valence-corrected chi connectivity index (χ4v) is 1.22. The van der Waals surface area contributed by atoms with Gasteiger partial charge in [-0.2, -0.15) is 5.10 Å². The van der Waals surface area contributed by atoms with Crippen molar-refractivity contribution in [3.63, 3.8) is 0 Å².